The van der Waals surface area contributed by atoms with Crippen molar-refractivity contribution in [1.82, 2.24) is 35.5 Å². The highest BCUT2D eigenvalue weighted by molar-refractivity contribution is 7.61. The molecule has 1 saturated heterocycles. The van der Waals surface area contributed by atoms with Crippen LogP contribution >= 0.6 is 23.5 Å². The van der Waals surface area contributed by atoms with E-state index in [1.54, 1.807) is 12.1 Å². The monoisotopic (exact) mass is 979 g/mol. The molecule has 5 rings (SSSR count). The number of phosphoric ester groups is 3. The maximum atomic E-state index is 12.7. The molecule has 1 fully saturated rings. The molecule has 0 bridgehead atoms. The first kappa shape index (κ1) is 51.2. The molecule has 0 radical (unpaired) electrons. The number of rotatable bonds is 22. The molecule has 3 aromatic heterocycles. The zero-order valence-corrected chi connectivity index (χ0v) is 37.6. The van der Waals surface area contributed by atoms with Gasteiger partial charge in [-0.25, -0.2) is 33.4 Å². The number of hydrogen-bond acceptors (Lipinski definition) is 20. The molecule has 1 aliphatic heterocycles. The number of carbonyl (C=O) groups excluding carboxylic acids is 3. The van der Waals surface area contributed by atoms with E-state index in [4.69, 9.17) is 23.9 Å². The standard InChI is InChI=1S/C34H48N9O19P3/c1-34(2,29(48)32(49)38-8-7-23(44)36-9-10-37-24(45)11-18-12-25(46)59-21-13-19(42(3)4)5-6-20(18)21)15-58-65(55,56)62-64(53,54)57-14-22-28(61-63(50,51)52)27(47)33(60-22)43-17-41-26-30(35)39-16-40-31(26)43/h5-6,12-13,16-17,22,27-29,33,47-48H,7-11,14-15H2,1-4H3,(H,36,44)(H,37,45)(H,38,49)(H,53,54)(H,55,56)(H2,35,39,40)(H2,50,51,52)/t22-,27-,28-,29+,33-/m1/s1. The largest absolute Gasteiger partial charge is 0.481 e. The minimum absolute atomic E-state index is 0.0182. The summed E-state index contributed by atoms with van der Waals surface area (Å²) in [7, 11) is -12.8. The first-order valence-corrected chi connectivity index (χ1v) is 23.7. The number of aliphatic hydroxyl groups is 2. The highest BCUT2D eigenvalue weighted by Gasteiger charge is 2.50. The summed E-state index contributed by atoms with van der Waals surface area (Å²) in [4.78, 5) is 103. The molecular formula is C34H48N9O19P3. The Morgan fingerprint density at radius 2 is 1.65 bits per heavy atom. The predicted molar refractivity (Wildman–Crippen MR) is 223 cm³/mol. The van der Waals surface area contributed by atoms with E-state index in [-0.39, 0.29) is 49.5 Å². The lowest BCUT2D eigenvalue weighted by atomic mass is 9.87. The van der Waals surface area contributed by atoms with Gasteiger partial charge in [0.2, 0.25) is 17.7 Å². The molecule has 4 aromatic rings. The van der Waals surface area contributed by atoms with Crippen molar-refractivity contribution in [2.45, 2.75) is 57.3 Å². The summed E-state index contributed by atoms with van der Waals surface area (Å²) in [6, 6.07) is 6.48. The summed E-state index contributed by atoms with van der Waals surface area (Å²) < 4.78 is 67.6. The lowest BCUT2D eigenvalue weighted by molar-refractivity contribution is -0.137. The summed E-state index contributed by atoms with van der Waals surface area (Å²) in [5.74, 6) is -2.02. The van der Waals surface area contributed by atoms with E-state index in [0.29, 0.717) is 16.5 Å². The zero-order valence-electron chi connectivity index (χ0n) is 34.9. The van der Waals surface area contributed by atoms with Crippen LogP contribution in [0.5, 0.6) is 0 Å². The second-order valence-electron chi connectivity index (χ2n) is 15.3. The molecule has 1 aliphatic rings. The molecule has 2 unspecified atom stereocenters. The van der Waals surface area contributed by atoms with Crippen LogP contribution in [0.3, 0.4) is 0 Å². The Morgan fingerprint density at radius 3 is 2.32 bits per heavy atom. The van der Waals surface area contributed by atoms with Crippen molar-refractivity contribution < 1.29 is 84.9 Å². The van der Waals surface area contributed by atoms with E-state index in [1.165, 1.54) is 19.9 Å². The lowest BCUT2D eigenvalue weighted by Gasteiger charge is -2.30. The topological polar surface area (TPSA) is 409 Å². The van der Waals surface area contributed by atoms with E-state index in [0.717, 1.165) is 22.9 Å². The Kier molecular flexibility index (Phi) is 16.4. The molecule has 3 amide bonds. The third kappa shape index (κ3) is 13.9. The third-order valence-electron chi connectivity index (χ3n) is 9.53. The molecular weight excluding hydrogens is 931 g/mol. The summed E-state index contributed by atoms with van der Waals surface area (Å²) >= 11 is 0. The number of fused-ring (bicyclic) bond motifs is 2. The van der Waals surface area contributed by atoms with Gasteiger partial charge in [-0.15, -0.1) is 0 Å². The number of carbonyl (C=O) groups is 3. The highest BCUT2D eigenvalue weighted by atomic mass is 31.3. The number of aromatic nitrogens is 4. The van der Waals surface area contributed by atoms with Gasteiger partial charge in [0.25, 0.3) is 0 Å². The number of nitrogens with zero attached hydrogens (tertiary/aromatic N) is 5. The van der Waals surface area contributed by atoms with Gasteiger partial charge in [-0.3, -0.25) is 32.5 Å². The van der Waals surface area contributed by atoms with E-state index >= 15 is 0 Å². The van der Waals surface area contributed by atoms with Crippen molar-refractivity contribution in [3.05, 3.63) is 52.9 Å². The number of aliphatic hydroxyl groups excluding tert-OH is 2. The average Bonchev–Trinajstić information content (AvgIpc) is 3.77. The van der Waals surface area contributed by atoms with Gasteiger partial charge < -0.3 is 65.5 Å². The maximum absolute atomic E-state index is 12.7. The number of anilines is 2. The number of amides is 3. The van der Waals surface area contributed by atoms with Crippen LogP contribution in [0.25, 0.3) is 22.1 Å². The van der Waals surface area contributed by atoms with Gasteiger partial charge in [0.1, 0.15) is 41.8 Å². The SMILES string of the molecule is CN(C)c1ccc2c(CC(=O)NCCNC(=O)CCNC(=O)[C@H](O)C(C)(C)COP(=O)(O)OP(=O)(O)OC[C@H]3O[C@@H](n4cnc5c(N)ncnc54)[C@H](O)[C@@H]3OP(=O)(O)O)cc(=O)oc2c1. The van der Waals surface area contributed by atoms with Crippen LogP contribution < -0.4 is 32.2 Å². The Morgan fingerprint density at radius 1 is 0.969 bits per heavy atom. The number of hydrogen-bond donors (Lipinski definition) is 10. The summed E-state index contributed by atoms with van der Waals surface area (Å²) in [6.45, 7) is 0.183. The Labute approximate surface area is 367 Å². The summed E-state index contributed by atoms with van der Waals surface area (Å²) in [6.07, 6.45) is -7.26. The van der Waals surface area contributed by atoms with Crippen LogP contribution in [-0.2, 0) is 57.1 Å². The smallest absolute Gasteiger partial charge is 0.423 e. The molecule has 7 atom stereocenters. The second kappa shape index (κ2) is 20.8. The fourth-order valence-electron chi connectivity index (χ4n) is 6.22. The molecule has 31 heteroatoms. The highest BCUT2D eigenvalue weighted by Crippen LogP contribution is 2.61. The number of nitrogens with one attached hydrogen (secondary N) is 3. The number of nitrogen functional groups attached to an aromatic ring is 1. The first-order valence-electron chi connectivity index (χ1n) is 19.2. The Hall–Kier alpha value is -4.76. The van der Waals surface area contributed by atoms with E-state index < -0.39 is 96.1 Å². The van der Waals surface area contributed by atoms with Gasteiger partial charge in [-0.1, -0.05) is 13.8 Å². The van der Waals surface area contributed by atoms with Crippen LogP contribution in [0.2, 0.25) is 0 Å². The lowest BCUT2D eigenvalue weighted by Crippen LogP contribution is -2.46. The molecule has 4 heterocycles. The maximum Gasteiger partial charge on any atom is 0.481 e. The van der Waals surface area contributed by atoms with Gasteiger partial charge in [-0.2, -0.15) is 4.31 Å². The van der Waals surface area contributed by atoms with Crippen molar-refractivity contribution in [2.75, 3.05) is 57.6 Å². The van der Waals surface area contributed by atoms with Gasteiger partial charge >= 0.3 is 29.1 Å². The van der Waals surface area contributed by atoms with Crippen molar-refractivity contribution in [1.29, 1.82) is 0 Å². The number of benzene rings is 1. The molecule has 28 nitrogen and oxygen atoms in total. The Bertz CT molecular complexity index is 2590. The molecule has 1 aromatic carbocycles. The first-order chi connectivity index (χ1) is 30.3. The van der Waals surface area contributed by atoms with Crippen molar-refractivity contribution in [3.8, 4) is 0 Å². The zero-order chi connectivity index (χ0) is 48.1. The summed E-state index contributed by atoms with van der Waals surface area (Å²) in [5.41, 5.74) is 5.18. The normalized spacial score (nSPS) is 20.2. The van der Waals surface area contributed by atoms with Gasteiger partial charge in [0, 0.05) is 68.8 Å². The number of nitrogens with two attached hydrogens (primary N) is 1. The molecule has 358 valence electrons. The molecule has 65 heavy (non-hydrogen) atoms. The fourth-order valence-corrected chi connectivity index (χ4v) is 9.05. The molecule has 0 saturated carbocycles. The van der Waals surface area contributed by atoms with Crippen LogP contribution in [-0.4, -0.2) is 138 Å². The van der Waals surface area contributed by atoms with E-state index in [1.807, 2.05) is 25.1 Å². The van der Waals surface area contributed by atoms with Crippen molar-refractivity contribution >= 4 is 74.8 Å². The minimum atomic E-state index is -5.60. The van der Waals surface area contributed by atoms with Crippen LogP contribution in [0.15, 0.2) is 46.1 Å². The molecule has 0 aliphatic carbocycles. The van der Waals surface area contributed by atoms with E-state index in [9.17, 15) is 62.7 Å². The number of imidazole rings is 1. The summed E-state index contributed by atoms with van der Waals surface area (Å²) in [5, 5.41) is 29.7. The number of ether oxygens (including phenoxy) is 1. The van der Waals surface area contributed by atoms with E-state index in [2.05, 4.69) is 39.7 Å². The molecule has 11 N–H and O–H groups in total. The molecule has 0 spiro atoms. The minimum Gasteiger partial charge on any atom is -0.423 e. The van der Waals surface area contributed by atoms with Crippen molar-refractivity contribution in [2.24, 2.45) is 5.41 Å². The average molecular weight is 980 g/mol. The van der Waals surface area contributed by atoms with Gasteiger partial charge in [0.15, 0.2) is 17.7 Å². The van der Waals surface area contributed by atoms with Crippen LogP contribution in [0.1, 0.15) is 32.1 Å². The van der Waals surface area contributed by atoms with Crippen LogP contribution in [0, 0.1) is 5.41 Å². The van der Waals surface area contributed by atoms with Gasteiger partial charge in [0.05, 0.1) is 26.0 Å². The third-order valence-corrected chi connectivity index (χ3v) is 12.6. The Balaban J connectivity index is 1.03. The number of phosphoric acid groups is 3. The second-order valence-corrected chi connectivity index (χ2v) is 19.5. The fraction of sp³-hybridized carbons (Fsp3) is 0.500. The van der Waals surface area contributed by atoms with Crippen LogP contribution in [0.4, 0.5) is 11.5 Å². The predicted octanol–water partition coefficient (Wildman–Crippen LogP) is -1.06. The van der Waals surface area contributed by atoms with Crippen molar-refractivity contribution in [3.63, 3.8) is 0 Å². The van der Waals surface area contributed by atoms with Gasteiger partial charge in [-0.05, 0) is 17.7 Å². The quantitative estimate of drug-likeness (QED) is 0.0255.